The van der Waals surface area contributed by atoms with Crippen molar-refractivity contribution in [2.45, 2.75) is 19.8 Å². The number of aromatic nitrogens is 1. The lowest BCUT2D eigenvalue weighted by Crippen LogP contribution is -1.90. The van der Waals surface area contributed by atoms with E-state index in [-0.39, 0.29) is 17.3 Å². The van der Waals surface area contributed by atoms with Gasteiger partial charge in [0, 0.05) is 5.57 Å². The SMILES string of the molecule is CCC1=C(F)C(c2ncco2)=CC(C#N)=CC1. The standard InChI is InChI=1S/C13H11FN2O/c1-2-10-4-3-9(8-15)7-11(12(10)14)13-16-5-6-17-13/h3,5-7H,2,4H2,1H3. The average molecular weight is 230 g/mol. The molecule has 0 saturated carbocycles. The summed E-state index contributed by atoms with van der Waals surface area (Å²) in [6.45, 7) is 1.88. The van der Waals surface area contributed by atoms with Crippen LogP contribution in [0.1, 0.15) is 25.7 Å². The van der Waals surface area contributed by atoms with Gasteiger partial charge in [0.05, 0.1) is 17.8 Å². The second kappa shape index (κ2) is 4.79. The molecule has 3 nitrogen and oxygen atoms in total. The molecule has 1 heterocycles. The summed E-state index contributed by atoms with van der Waals surface area (Å²) >= 11 is 0. The molecule has 0 N–H and O–H groups in total. The van der Waals surface area contributed by atoms with Gasteiger partial charge in [0.15, 0.2) is 0 Å². The molecule has 1 aromatic heterocycles. The van der Waals surface area contributed by atoms with Gasteiger partial charge in [0.2, 0.25) is 5.89 Å². The maximum Gasteiger partial charge on any atom is 0.228 e. The molecule has 0 aromatic carbocycles. The summed E-state index contributed by atoms with van der Waals surface area (Å²) in [7, 11) is 0. The second-order valence-corrected chi connectivity index (χ2v) is 3.64. The predicted octanol–water partition coefficient (Wildman–Crippen LogP) is 3.55. The summed E-state index contributed by atoms with van der Waals surface area (Å²) in [5.41, 5.74) is 1.33. The molecule has 1 aliphatic rings. The van der Waals surface area contributed by atoms with E-state index in [1.54, 1.807) is 6.08 Å². The number of rotatable bonds is 2. The Morgan fingerprint density at radius 2 is 2.41 bits per heavy atom. The van der Waals surface area contributed by atoms with Crippen molar-refractivity contribution in [3.8, 4) is 6.07 Å². The van der Waals surface area contributed by atoms with Gasteiger partial charge >= 0.3 is 0 Å². The lowest BCUT2D eigenvalue weighted by atomic mass is 10.1. The van der Waals surface area contributed by atoms with Gasteiger partial charge in [-0.1, -0.05) is 13.0 Å². The Kier molecular flexibility index (Phi) is 3.20. The first-order valence-corrected chi connectivity index (χ1v) is 5.36. The molecule has 1 aliphatic carbocycles. The summed E-state index contributed by atoms with van der Waals surface area (Å²) in [5.74, 6) is -0.132. The zero-order valence-electron chi connectivity index (χ0n) is 9.40. The van der Waals surface area contributed by atoms with Crippen LogP contribution in [0.2, 0.25) is 0 Å². The van der Waals surface area contributed by atoms with E-state index >= 15 is 0 Å². The van der Waals surface area contributed by atoms with Gasteiger partial charge in [0.25, 0.3) is 0 Å². The van der Waals surface area contributed by atoms with Crippen LogP contribution >= 0.6 is 0 Å². The van der Waals surface area contributed by atoms with Gasteiger partial charge in [-0.05, 0) is 24.5 Å². The Morgan fingerprint density at radius 1 is 1.59 bits per heavy atom. The average Bonchev–Trinajstić information content (AvgIpc) is 2.81. The van der Waals surface area contributed by atoms with Crippen LogP contribution in [-0.2, 0) is 0 Å². The highest BCUT2D eigenvalue weighted by Gasteiger charge is 2.18. The molecule has 17 heavy (non-hydrogen) atoms. The fraction of sp³-hybridized carbons (Fsp3) is 0.231. The number of oxazole rings is 1. The number of hydrogen-bond acceptors (Lipinski definition) is 3. The predicted molar refractivity (Wildman–Crippen MR) is 61.2 cm³/mol. The molecule has 0 amide bonds. The minimum Gasteiger partial charge on any atom is -0.444 e. The van der Waals surface area contributed by atoms with Crippen LogP contribution < -0.4 is 0 Å². The van der Waals surface area contributed by atoms with E-state index in [0.717, 1.165) is 0 Å². The fourth-order valence-corrected chi connectivity index (χ4v) is 1.68. The molecule has 86 valence electrons. The van der Waals surface area contributed by atoms with Gasteiger partial charge < -0.3 is 4.42 Å². The molecular formula is C13H11FN2O. The Morgan fingerprint density at radius 3 is 3.00 bits per heavy atom. The topological polar surface area (TPSA) is 49.8 Å². The van der Waals surface area contributed by atoms with Gasteiger partial charge in [-0.25, -0.2) is 9.37 Å². The smallest absolute Gasteiger partial charge is 0.228 e. The molecular weight excluding hydrogens is 219 g/mol. The van der Waals surface area contributed by atoms with Crippen LogP contribution in [-0.4, -0.2) is 4.98 Å². The minimum absolute atomic E-state index is 0.205. The fourth-order valence-electron chi connectivity index (χ4n) is 1.68. The molecule has 0 saturated heterocycles. The summed E-state index contributed by atoms with van der Waals surface area (Å²) in [6.07, 6.45) is 7.08. The van der Waals surface area contributed by atoms with Crippen molar-refractivity contribution < 1.29 is 8.81 Å². The summed E-state index contributed by atoms with van der Waals surface area (Å²) in [4.78, 5) is 3.92. The largest absolute Gasteiger partial charge is 0.444 e. The highest BCUT2D eigenvalue weighted by atomic mass is 19.1. The van der Waals surface area contributed by atoms with Crippen LogP contribution in [0.3, 0.4) is 0 Å². The highest BCUT2D eigenvalue weighted by Crippen LogP contribution is 2.32. The number of nitrogens with zero attached hydrogens (tertiary/aromatic N) is 2. The number of halogens is 1. The molecule has 0 radical (unpaired) electrons. The van der Waals surface area contributed by atoms with Crippen molar-refractivity contribution in [3.63, 3.8) is 0 Å². The van der Waals surface area contributed by atoms with Gasteiger partial charge in [-0.15, -0.1) is 0 Å². The van der Waals surface area contributed by atoms with E-state index in [9.17, 15) is 4.39 Å². The normalized spacial score (nSPS) is 16.1. The zero-order chi connectivity index (χ0) is 12.3. The molecule has 0 atom stereocenters. The summed E-state index contributed by atoms with van der Waals surface area (Å²) in [5, 5.41) is 8.92. The van der Waals surface area contributed by atoms with Crippen LogP contribution in [0, 0.1) is 11.3 Å². The Labute approximate surface area is 98.6 Å². The number of allylic oxidation sites excluding steroid dienone is 6. The molecule has 0 spiro atoms. The molecule has 4 heteroatoms. The first-order valence-electron chi connectivity index (χ1n) is 5.36. The summed E-state index contributed by atoms with van der Waals surface area (Å²) < 4.78 is 19.3. The minimum atomic E-state index is -0.337. The first kappa shape index (κ1) is 11.3. The van der Waals surface area contributed by atoms with E-state index < -0.39 is 0 Å². The van der Waals surface area contributed by atoms with Crippen molar-refractivity contribution in [1.82, 2.24) is 4.98 Å². The highest BCUT2D eigenvalue weighted by molar-refractivity contribution is 5.77. The lowest BCUT2D eigenvalue weighted by Gasteiger charge is -2.04. The van der Waals surface area contributed by atoms with Crippen molar-refractivity contribution in [1.29, 1.82) is 5.26 Å². The van der Waals surface area contributed by atoms with Crippen molar-refractivity contribution in [2.75, 3.05) is 0 Å². The molecule has 0 fully saturated rings. The number of hydrogen-bond donors (Lipinski definition) is 0. The van der Waals surface area contributed by atoms with Gasteiger partial charge in [-0.2, -0.15) is 5.26 Å². The first-order chi connectivity index (χ1) is 8.26. The number of nitriles is 1. The second-order valence-electron chi connectivity index (χ2n) is 3.64. The van der Waals surface area contributed by atoms with Crippen LogP contribution in [0.25, 0.3) is 5.57 Å². The van der Waals surface area contributed by atoms with E-state index in [1.165, 1.54) is 18.5 Å². The third-order valence-corrected chi connectivity index (χ3v) is 2.63. The van der Waals surface area contributed by atoms with E-state index in [0.29, 0.717) is 24.0 Å². The van der Waals surface area contributed by atoms with Crippen molar-refractivity contribution >= 4 is 5.57 Å². The summed E-state index contributed by atoms with van der Waals surface area (Å²) in [6, 6.07) is 2.02. The van der Waals surface area contributed by atoms with Crippen LogP contribution in [0.15, 0.2) is 46.0 Å². The maximum atomic E-state index is 14.2. The third-order valence-electron chi connectivity index (χ3n) is 2.63. The van der Waals surface area contributed by atoms with E-state index in [1.807, 2.05) is 13.0 Å². The Bertz CT molecular complexity index is 544. The zero-order valence-corrected chi connectivity index (χ0v) is 9.40. The Hall–Kier alpha value is -2.15. The Balaban J connectivity index is 2.55. The van der Waals surface area contributed by atoms with Crippen molar-refractivity contribution in [2.24, 2.45) is 0 Å². The van der Waals surface area contributed by atoms with Gasteiger partial charge in [0.1, 0.15) is 12.1 Å². The maximum absolute atomic E-state index is 14.2. The van der Waals surface area contributed by atoms with Crippen LogP contribution in [0.4, 0.5) is 4.39 Å². The molecule has 0 aliphatic heterocycles. The quantitative estimate of drug-likeness (QED) is 0.780. The molecule has 0 unspecified atom stereocenters. The van der Waals surface area contributed by atoms with E-state index in [4.69, 9.17) is 9.68 Å². The third kappa shape index (κ3) is 2.18. The monoisotopic (exact) mass is 230 g/mol. The van der Waals surface area contributed by atoms with E-state index in [2.05, 4.69) is 4.98 Å². The van der Waals surface area contributed by atoms with Gasteiger partial charge in [-0.3, -0.25) is 0 Å². The molecule has 1 aromatic rings. The van der Waals surface area contributed by atoms with Crippen LogP contribution in [0.5, 0.6) is 0 Å². The lowest BCUT2D eigenvalue weighted by molar-refractivity contribution is 0.535. The molecule has 0 bridgehead atoms. The molecule has 2 rings (SSSR count). The van der Waals surface area contributed by atoms with Crippen molar-refractivity contribution in [3.05, 3.63) is 47.5 Å².